The molecule has 3 nitrogen and oxygen atoms in total. The van der Waals surface area contributed by atoms with E-state index < -0.39 is 0 Å². The van der Waals surface area contributed by atoms with Gasteiger partial charge in [0.1, 0.15) is 5.82 Å². The third-order valence-corrected chi connectivity index (χ3v) is 3.14. The van der Waals surface area contributed by atoms with Gasteiger partial charge in [-0.15, -0.1) is 5.10 Å². The van der Waals surface area contributed by atoms with E-state index in [0.717, 1.165) is 10.0 Å². The van der Waals surface area contributed by atoms with Crippen LogP contribution in [0.5, 0.6) is 0 Å². The van der Waals surface area contributed by atoms with Crippen molar-refractivity contribution < 1.29 is 4.39 Å². The molecule has 0 atom stereocenters. The van der Waals surface area contributed by atoms with Gasteiger partial charge in [0.05, 0.1) is 5.56 Å². The monoisotopic (exact) mass is 305 g/mol. The van der Waals surface area contributed by atoms with Crippen LogP contribution in [-0.4, -0.2) is 14.6 Å². The lowest BCUT2D eigenvalue weighted by Gasteiger charge is -1.98. The maximum absolute atomic E-state index is 13.8. The fourth-order valence-electron chi connectivity index (χ4n) is 1.77. The summed E-state index contributed by atoms with van der Waals surface area (Å²) in [4.78, 5) is 4.32. The quantitative estimate of drug-likeness (QED) is 0.687. The van der Waals surface area contributed by atoms with Gasteiger partial charge in [0, 0.05) is 10.7 Å². The second kappa shape index (κ2) is 4.17. The molecule has 0 bridgehead atoms. The van der Waals surface area contributed by atoms with Crippen LogP contribution in [0.15, 0.2) is 41.0 Å². The predicted octanol–water partition coefficient (Wildman–Crippen LogP) is 3.61. The van der Waals surface area contributed by atoms with Gasteiger partial charge in [0.15, 0.2) is 11.5 Å². The Bertz CT molecular complexity index is 736. The average Bonchev–Trinajstić information content (AvgIpc) is 2.74. The van der Waals surface area contributed by atoms with E-state index in [1.54, 1.807) is 16.6 Å². The summed E-state index contributed by atoms with van der Waals surface area (Å²) >= 11 is 3.32. The first kappa shape index (κ1) is 11.3. The minimum atomic E-state index is -0.328. The Balaban J connectivity index is 2.22. The Kier molecular flexibility index (Phi) is 2.63. The highest BCUT2D eigenvalue weighted by atomic mass is 79.9. The summed E-state index contributed by atoms with van der Waals surface area (Å²) in [5, 5.41) is 4.29. The van der Waals surface area contributed by atoms with Gasteiger partial charge in [-0.2, -0.15) is 0 Å². The highest BCUT2D eigenvalue weighted by Gasteiger charge is 2.11. The SMILES string of the molecule is Cc1ccc2nc(-c3cc(Br)ccc3F)nn2c1. The number of benzene rings is 1. The molecule has 1 aromatic carbocycles. The minimum Gasteiger partial charge on any atom is -0.220 e. The predicted molar refractivity (Wildman–Crippen MR) is 70.8 cm³/mol. The van der Waals surface area contributed by atoms with Crippen LogP contribution in [0.4, 0.5) is 4.39 Å². The van der Waals surface area contributed by atoms with Crippen molar-refractivity contribution in [2.45, 2.75) is 6.92 Å². The van der Waals surface area contributed by atoms with E-state index in [1.165, 1.54) is 6.07 Å². The summed E-state index contributed by atoms with van der Waals surface area (Å²) in [6, 6.07) is 8.54. The first-order valence-corrected chi connectivity index (χ1v) is 6.21. The third-order valence-electron chi connectivity index (χ3n) is 2.65. The van der Waals surface area contributed by atoms with Gasteiger partial charge in [0.25, 0.3) is 0 Å². The molecule has 5 heteroatoms. The van der Waals surface area contributed by atoms with Gasteiger partial charge in [-0.05, 0) is 36.8 Å². The van der Waals surface area contributed by atoms with Crippen LogP contribution in [0.1, 0.15) is 5.56 Å². The van der Waals surface area contributed by atoms with Gasteiger partial charge in [-0.25, -0.2) is 13.9 Å². The van der Waals surface area contributed by atoms with E-state index in [0.29, 0.717) is 17.0 Å². The Labute approximate surface area is 111 Å². The van der Waals surface area contributed by atoms with Crippen molar-refractivity contribution in [3.05, 3.63) is 52.4 Å². The molecule has 0 radical (unpaired) electrons. The lowest BCUT2D eigenvalue weighted by molar-refractivity contribution is 0.629. The van der Waals surface area contributed by atoms with E-state index in [1.807, 2.05) is 25.3 Å². The van der Waals surface area contributed by atoms with Crippen LogP contribution < -0.4 is 0 Å². The molecule has 0 aliphatic heterocycles. The molecule has 0 spiro atoms. The molecule has 0 aliphatic carbocycles. The summed E-state index contributed by atoms with van der Waals surface area (Å²) in [5.74, 6) is 0.0604. The molecule has 2 aromatic heterocycles. The molecule has 2 heterocycles. The van der Waals surface area contributed by atoms with Crippen molar-refractivity contribution >= 4 is 21.6 Å². The van der Waals surface area contributed by atoms with Crippen LogP contribution in [0.25, 0.3) is 17.0 Å². The molecule has 0 amide bonds. The molecule has 18 heavy (non-hydrogen) atoms. The molecule has 90 valence electrons. The zero-order valence-corrected chi connectivity index (χ0v) is 11.1. The van der Waals surface area contributed by atoms with Gasteiger partial charge >= 0.3 is 0 Å². The van der Waals surface area contributed by atoms with Crippen molar-refractivity contribution in [3.8, 4) is 11.4 Å². The molecular formula is C13H9BrFN3. The third kappa shape index (κ3) is 1.90. The number of pyridine rings is 1. The van der Waals surface area contributed by atoms with Crippen molar-refractivity contribution in [2.75, 3.05) is 0 Å². The number of nitrogens with zero attached hydrogens (tertiary/aromatic N) is 3. The lowest BCUT2D eigenvalue weighted by Crippen LogP contribution is -1.89. The molecule has 0 unspecified atom stereocenters. The minimum absolute atomic E-state index is 0.328. The number of aromatic nitrogens is 3. The second-order valence-corrected chi connectivity index (χ2v) is 4.98. The molecular weight excluding hydrogens is 297 g/mol. The number of rotatable bonds is 1. The highest BCUT2D eigenvalue weighted by Crippen LogP contribution is 2.24. The van der Waals surface area contributed by atoms with Crippen LogP contribution >= 0.6 is 15.9 Å². The van der Waals surface area contributed by atoms with Crippen molar-refractivity contribution in [1.82, 2.24) is 14.6 Å². The summed E-state index contributed by atoms with van der Waals surface area (Å²) in [6.45, 7) is 1.97. The average molecular weight is 306 g/mol. The molecule has 0 N–H and O–H groups in total. The molecule has 0 saturated carbocycles. The fraction of sp³-hybridized carbons (Fsp3) is 0.0769. The van der Waals surface area contributed by atoms with Crippen molar-refractivity contribution in [2.24, 2.45) is 0 Å². The summed E-state index contributed by atoms with van der Waals surface area (Å²) in [5.41, 5.74) is 2.18. The smallest absolute Gasteiger partial charge is 0.185 e. The van der Waals surface area contributed by atoms with E-state index >= 15 is 0 Å². The Morgan fingerprint density at radius 1 is 1.22 bits per heavy atom. The Morgan fingerprint density at radius 2 is 2.06 bits per heavy atom. The van der Waals surface area contributed by atoms with Crippen LogP contribution in [0, 0.1) is 12.7 Å². The number of fused-ring (bicyclic) bond motifs is 1. The fourth-order valence-corrected chi connectivity index (χ4v) is 2.13. The van der Waals surface area contributed by atoms with Crippen LogP contribution in [0.3, 0.4) is 0 Å². The van der Waals surface area contributed by atoms with E-state index in [4.69, 9.17) is 0 Å². The standard InChI is InChI=1S/C13H9BrFN3/c1-8-2-5-12-16-13(17-18(12)7-8)10-6-9(14)3-4-11(10)15/h2-7H,1H3. The number of aryl methyl sites for hydroxylation is 1. The highest BCUT2D eigenvalue weighted by molar-refractivity contribution is 9.10. The zero-order chi connectivity index (χ0) is 12.7. The Morgan fingerprint density at radius 3 is 2.89 bits per heavy atom. The topological polar surface area (TPSA) is 30.2 Å². The molecule has 3 aromatic rings. The van der Waals surface area contributed by atoms with Crippen LogP contribution in [-0.2, 0) is 0 Å². The van der Waals surface area contributed by atoms with E-state index in [2.05, 4.69) is 26.0 Å². The maximum Gasteiger partial charge on any atom is 0.185 e. The van der Waals surface area contributed by atoms with Crippen molar-refractivity contribution in [3.63, 3.8) is 0 Å². The van der Waals surface area contributed by atoms with Gasteiger partial charge < -0.3 is 0 Å². The second-order valence-electron chi connectivity index (χ2n) is 4.07. The van der Waals surface area contributed by atoms with Crippen LogP contribution in [0.2, 0.25) is 0 Å². The number of hydrogen-bond acceptors (Lipinski definition) is 2. The van der Waals surface area contributed by atoms with E-state index in [-0.39, 0.29) is 5.82 Å². The van der Waals surface area contributed by atoms with Crippen molar-refractivity contribution in [1.29, 1.82) is 0 Å². The van der Waals surface area contributed by atoms with Gasteiger partial charge in [0.2, 0.25) is 0 Å². The number of halogens is 2. The Hall–Kier alpha value is -1.75. The zero-order valence-electron chi connectivity index (χ0n) is 9.56. The normalized spacial score (nSPS) is 11.1. The lowest BCUT2D eigenvalue weighted by atomic mass is 10.2. The molecule has 0 fully saturated rings. The van der Waals surface area contributed by atoms with Gasteiger partial charge in [-0.3, -0.25) is 0 Å². The maximum atomic E-state index is 13.8. The van der Waals surface area contributed by atoms with Gasteiger partial charge in [-0.1, -0.05) is 22.0 Å². The largest absolute Gasteiger partial charge is 0.220 e. The van der Waals surface area contributed by atoms with E-state index in [9.17, 15) is 4.39 Å². The first-order valence-electron chi connectivity index (χ1n) is 5.42. The summed E-state index contributed by atoms with van der Waals surface area (Å²) in [6.07, 6.45) is 1.86. The summed E-state index contributed by atoms with van der Waals surface area (Å²) in [7, 11) is 0. The number of hydrogen-bond donors (Lipinski definition) is 0. The molecule has 3 rings (SSSR count). The summed E-state index contributed by atoms with van der Waals surface area (Å²) < 4.78 is 16.2. The first-order chi connectivity index (χ1) is 8.63. The molecule has 0 saturated heterocycles. The molecule has 0 aliphatic rings.